The van der Waals surface area contributed by atoms with Gasteiger partial charge in [0.05, 0.1) is 6.42 Å². The lowest BCUT2D eigenvalue weighted by molar-refractivity contribution is -0.137. The average Bonchev–Trinajstić information content (AvgIpc) is 2.77. The van der Waals surface area contributed by atoms with Gasteiger partial charge in [0.25, 0.3) is 0 Å². The SMILES string of the molecule is CC(C)(C)CN(CCC(=O)O)C1CC1. The number of carbonyl (C=O) groups is 1. The molecule has 0 amide bonds. The number of hydrogen-bond acceptors (Lipinski definition) is 2. The highest BCUT2D eigenvalue weighted by atomic mass is 16.4. The summed E-state index contributed by atoms with van der Waals surface area (Å²) in [5.74, 6) is -0.690. The van der Waals surface area contributed by atoms with Gasteiger partial charge < -0.3 is 5.11 Å². The number of nitrogens with zero attached hydrogens (tertiary/aromatic N) is 1. The summed E-state index contributed by atoms with van der Waals surface area (Å²) in [4.78, 5) is 12.8. The van der Waals surface area contributed by atoms with E-state index in [4.69, 9.17) is 5.11 Å². The number of hydrogen-bond donors (Lipinski definition) is 1. The van der Waals surface area contributed by atoms with Crippen LogP contribution in [0, 0.1) is 5.41 Å². The molecule has 0 aromatic heterocycles. The second-order valence-electron chi connectivity index (χ2n) is 5.41. The highest BCUT2D eigenvalue weighted by Crippen LogP contribution is 2.29. The van der Waals surface area contributed by atoms with Crippen LogP contribution in [-0.2, 0) is 4.79 Å². The molecule has 3 heteroatoms. The van der Waals surface area contributed by atoms with E-state index in [1.54, 1.807) is 0 Å². The van der Waals surface area contributed by atoms with Gasteiger partial charge in [0.1, 0.15) is 0 Å². The fourth-order valence-corrected chi connectivity index (χ4v) is 1.68. The highest BCUT2D eigenvalue weighted by molar-refractivity contribution is 5.66. The van der Waals surface area contributed by atoms with E-state index >= 15 is 0 Å². The van der Waals surface area contributed by atoms with Crippen LogP contribution >= 0.6 is 0 Å². The molecule has 1 saturated carbocycles. The fourth-order valence-electron chi connectivity index (χ4n) is 1.68. The maximum atomic E-state index is 10.5. The summed E-state index contributed by atoms with van der Waals surface area (Å²) in [6.45, 7) is 8.30. The predicted octanol–water partition coefficient (Wildman–Crippen LogP) is 1.97. The molecule has 1 aliphatic carbocycles. The number of rotatable bonds is 5. The minimum absolute atomic E-state index is 0.265. The van der Waals surface area contributed by atoms with Crippen molar-refractivity contribution in [2.75, 3.05) is 13.1 Å². The van der Waals surface area contributed by atoms with E-state index in [-0.39, 0.29) is 11.8 Å². The van der Waals surface area contributed by atoms with Crippen LogP contribution in [0.3, 0.4) is 0 Å². The van der Waals surface area contributed by atoms with Crippen molar-refractivity contribution in [2.45, 2.75) is 46.1 Å². The second-order valence-corrected chi connectivity index (χ2v) is 5.41. The Morgan fingerprint density at radius 2 is 2.00 bits per heavy atom. The van der Waals surface area contributed by atoms with Gasteiger partial charge in [-0.1, -0.05) is 20.8 Å². The van der Waals surface area contributed by atoms with Gasteiger partial charge in [0.2, 0.25) is 0 Å². The smallest absolute Gasteiger partial charge is 0.304 e. The standard InChI is InChI=1S/C11H21NO2/c1-11(2,3)8-12(9-4-5-9)7-6-10(13)14/h9H,4-8H2,1-3H3,(H,13,14). The van der Waals surface area contributed by atoms with Gasteiger partial charge in [0.15, 0.2) is 0 Å². The molecule has 3 nitrogen and oxygen atoms in total. The molecular formula is C11H21NO2. The first kappa shape index (κ1) is 11.5. The van der Waals surface area contributed by atoms with Crippen LogP contribution in [0.5, 0.6) is 0 Å². The first-order valence-electron chi connectivity index (χ1n) is 5.34. The molecule has 1 fully saturated rings. The minimum Gasteiger partial charge on any atom is -0.481 e. The maximum Gasteiger partial charge on any atom is 0.304 e. The van der Waals surface area contributed by atoms with E-state index in [9.17, 15) is 4.79 Å². The Labute approximate surface area is 86.1 Å². The highest BCUT2D eigenvalue weighted by Gasteiger charge is 2.31. The maximum absolute atomic E-state index is 10.5. The average molecular weight is 199 g/mol. The van der Waals surface area contributed by atoms with Crippen LogP contribution < -0.4 is 0 Å². The Hall–Kier alpha value is -0.570. The van der Waals surface area contributed by atoms with Crippen LogP contribution in [0.1, 0.15) is 40.0 Å². The number of carboxylic acid groups (broad SMARTS) is 1. The zero-order valence-electron chi connectivity index (χ0n) is 9.42. The molecule has 0 radical (unpaired) electrons. The summed E-state index contributed by atoms with van der Waals surface area (Å²) in [5, 5.41) is 8.64. The van der Waals surface area contributed by atoms with Crippen molar-refractivity contribution in [1.29, 1.82) is 0 Å². The minimum atomic E-state index is -0.690. The summed E-state index contributed by atoms with van der Waals surface area (Å²) in [6, 6.07) is 0.661. The molecular weight excluding hydrogens is 178 g/mol. The van der Waals surface area contributed by atoms with Crippen LogP contribution in [0.4, 0.5) is 0 Å². The Morgan fingerprint density at radius 3 is 2.36 bits per heavy atom. The van der Waals surface area contributed by atoms with E-state index < -0.39 is 5.97 Å². The summed E-state index contributed by atoms with van der Waals surface area (Å²) in [5.41, 5.74) is 0.265. The topological polar surface area (TPSA) is 40.5 Å². The van der Waals surface area contributed by atoms with E-state index in [2.05, 4.69) is 25.7 Å². The first-order chi connectivity index (χ1) is 6.38. The molecule has 0 bridgehead atoms. The van der Waals surface area contributed by atoms with Gasteiger partial charge in [-0.2, -0.15) is 0 Å². The van der Waals surface area contributed by atoms with E-state index in [0.29, 0.717) is 12.6 Å². The summed E-state index contributed by atoms with van der Waals surface area (Å²) < 4.78 is 0. The molecule has 82 valence electrons. The van der Waals surface area contributed by atoms with Crippen molar-refractivity contribution in [1.82, 2.24) is 4.90 Å². The van der Waals surface area contributed by atoms with Crippen LogP contribution in [0.25, 0.3) is 0 Å². The molecule has 1 rings (SSSR count). The molecule has 0 saturated heterocycles. The van der Waals surface area contributed by atoms with Gasteiger partial charge >= 0.3 is 5.97 Å². The zero-order chi connectivity index (χ0) is 10.8. The largest absolute Gasteiger partial charge is 0.481 e. The van der Waals surface area contributed by atoms with E-state index in [1.807, 2.05) is 0 Å². The van der Waals surface area contributed by atoms with Gasteiger partial charge in [0, 0.05) is 19.1 Å². The third-order valence-corrected chi connectivity index (χ3v) is 2.35. The van der Waals surface area contributed by atoms with Gasteiger partial charge in [-0.25, -0.2) is 0 Å². The number of aliphatic carboxylic acids is 1. The zero-order valence-corrected chi connectivity index (χ0v) is 9.42. The van der Waals surface area contributed by atoms with Crippen molar-refractivity contribution < 1.29 is 9.90 Å². The van der Waals surface area contributed by atoms with Gasteiger partial charge in [-0.15, -0.1) is 0 Å². The molecule has 0 spiro atoms. The van der Waals surface area contributed by atoms with Crippen molar-refractivity contribution in [3.05, 3.63) is 0 Å². The molecule has 14 heavy (non-hydrogen) atoms. The normalized spacial score (nSPS) is 17.4. The Morgan fingerprint density at radius 1 is 1.43 bits per heavy atom. The summed E-state index contributed by atoms with van der Waals surface area (Å²) >= 11 is 0. The Bertz CT molecular complexity index is 204. The van der Waals surface area contributed by atoms with Gasteiger partial charge in [-0.05, 0) is 18.3 Å². The van der Waals surface area contributed by atoms with Gasteiger partial charge in [-0.3, -0.25) is 9.69 Å². The predicted molar refractivity (Wildman–Crippen MR) is 56.3 cm³/mol. The molecule has 1 N–H and O–H groups in total. The second kappa shape index (κ2) is 4.30. The fraction of sp³-hybridized carbons (Fsp3) is 0.909. The molecule has 0 unspecified atom stereocenters. The molecule has 0 aromatic carbocycles. The third-order valence-electron chi connectivity index (χ3n) is 2.35. The Balaban J connectivity index is 2.35. The lowest BCUT2D eigenvalue weighted by atomic mass is 9.96. The third kappa shape index (κ3) is 4.61. The first-order valence-corrected chi connectivity index (χ1v) is 5.34. The van der Waals surface area contributed by atoms with Crippen LogP contribution in [-0.4, -0.2) is 35.1 Å². The molecule has 0 heterocycles. The van der Waals surface area contributed by atoms with Crippen LogP contribution in [0.15, 0.2) is 0 Å². The summed E-state index contributed by atoms with van der Waals surface area (Å²) in [6.07, 6.45) is 2.76. The number of carboxylic acids is 1. The van der Waals surface area contributed by atoms with Crippen molar-refractivity contribution in [2.24, 2.45) is 5.41 Å². The van der Waals surface area contributed by atoms with E-state index in [1.165, 1.54) is 12.8 Å². The monoisotopic (exact) mass is 199 g/mol. The Kier molecular flexibility index (Phi) is 3.53. The van der Waals surface area contributed by atoms with Crippen molar-refractivity contribution in [3.63, 3.8) is 0 Å². The van der Waals surface area contributed by atoms with Crippen molar-refractivity contribution >= 4 is 5.97 Å². The quantitative estimate of drug-likeness (QED) is 0.736. The lowest BCUT2D eigenvalue weighted by Gasteiger charge is -2.29. The molecule has 1 aliphatic rings. The molecule has 0 atom stereocenters. The molecule has 0 aliphatic heterocycles. The lowest BCUT2D eigenvalue weighted by Crippen LogP contribution is -2.36. The van der Waals surface area contributed by atoms with E-state index in [0.717, 1.165) is 6.54 Å². The van der Waals surface area contributed by atoms with Crippen molar-refractivity contribution in [3.8, 4) is 0 Å². The summed E-state index contributed by atoms with van der Waals surface area (Å²) in [7, 11) is 0. The molecule has 0 aromatic rings. The van der Waals surface area contributed by atoms with Crippen LogP contribution in [0.2, 0.25) is 0 Å².